The van der Waals surface area contributed by atoms with Crippen molar-refractivity contribution in [3.8, 4) is 0 Å². The molecule has 0 saturated heterocycles. The number of rotatable bonds is 8. The summed E-state index contributed by atoms with van der Waals surface area (Å²) < 4.78 is 9.93. The summed E-state index contributed by atoms with van der Waals surface area (Å²) in [6.45, 7) is 6.97. The summed E-state index contributed by atoms with van der Waals surface area (Å²) in [5.74, 6) is -1.25. The van der Waals surface area contributed by atoms with Gasteiger partial charge >= 0.3 is 12.1 Å². The van der Waals surface area contributed by atoms with Gasteiger partial charge in [0.05, 0.1) is 6.61 Å². The van der Waals surface area contributed by atoms with Crippen molar-refractivity contribution in [2.45, 2.75) is 45.8 Å². The largest absolute Gasteiger partial charge is 0.550 e. The van der Waals surface area contributed by atoms with E-state index in [0.29, 0.717) is 0 Å². The first-order valence-corrected chi connectivity index (χ1v) is 7.75. The molecule has 1 amide bonds. The summed E-state index contributed by atoms with van der Waals surface area (Å²) in [4.78, 5) is 33.7. The fraction of sp³-hybridized carbons (Fsp3) is 0.769. The molecule has 0 fully saturated rings. The Hall–Kier alpha value is -1.44. The third kappa shape index (κ3) is 10.9. The molecule has 0 aromatic heterocycles. The first-order valence-electron chi connectivity index (χ1n) is 6.59. The van der Waals surface area contributed by atoms with Gasteiger partial charge in [0.1, 0.15) is 11.6 Å². The number of thioether (sulfide) groups is 1. The van der Waals surface area contributed by atoms with Crippen LogP contribution in [-0.4, -0.2) is 47.8 Å². The van der Waals surface area contributed by atoms with E-state index in [1.54, 1.807) is 27.7 Å². The standard InChI is InChI=1S/C13H23NO6S/c1-5-19-11(17)9(8-21-7-6-10(15)16)14-12(18)20-13(2,3)4/h9H,5-8H2,1-4H3,(H,14,18)(H,15,16)/p-1/t9-/m1/s1. The van der Waals surface area contributed by atoms with Crippen molar-refractivity contribution in [1.29, 1.82) is 0 Å². The third-order valence-corrected chi connectivity index (χ3v) is 3.06. The molecule has 1 atom stereocenters. The lowest BCUT2D eigenvalue weighted by Gasteiger charge is -2.22. The second-order valence-electron chi connectivity index (χ2n) is 5.15. The van der Waals surface area contributed by atoms with Crippen LogP contribution in [0.2, 0.25) is 0 Å². The highest BCUT2D eigenvalue weighted by Crippen LogP contribution is 2.09. The molecule has 0 aliphatic rings. The number of nitrogens with one attached hydrogen (secondary N) is 1. The number of hydrogen-bond acceptors (Lipinski definition) is 7. The molecule has 0 spiro atoms. The van der Waals surface area contributed by atoms with Crippen LogP contribution >= 0.6 is 11.8 Å². The number of ether oxygens (including phenoxy) is 2. The van der Waals surface area contributed by atoms with Gasteiger partial charge in [-0.1, -0.05) is 0 Å². The van der Waals surface area contributed by atoms with E-state index >= 15 is 0 Å². The molecule has 8 heteroatoms. The van der Waals surface area contributed by atoms with E-state index in [1.807, 2.05) is 0 Å². The minimum Gasteiger partial charge on any atom is -0.550 e. The first-order chi connectivity index (χ1) is 9.65. The molecule has 0 heterocycles. The molecule has 0 aromatic rings. The summed E-state index contributed by atoms with van der Waals surface area (Å²) in [5, 5.41) is 12.7. The number of carbonyl (C=O) groups is 3. The van der Waals surface area contributed by atoms with Gasteiger partial charge in [-0.2, -0.15) is 11.8 Å². The van der Waals surface area contributed by atoms with Gasteiger partial charge in [-0.05, 0) is 39.9 Å². The maximum Gasteiger partial charge on any atom is 0.408 e. The minimum atomic E-state index is -1.16. The molecular weight excluding hydrogens is 298 g/mol. The van der Waals surface area contributed by atoms with Crippen LogP contribution in [0.5, 0.6) is 0 Å². The van der Waals surface area contributed by atoms with Crippen molar-refractivity contribution >= 4 is 29.8 Å². The Bertz CT molecular complexity index is 366. The van der Waals surface area contributed by atoms with Gasteiger partial charge in [-0.15, -0.1) is 0 Å². The van der Waals surface area contributed by atoms with E-state index in [4.69, 9.17) is 9.47 Å². The number of carboxylic acid groups (broad SMARTS) is 1. The van der Waals surface area contributed by atoms with Crippen LogP contribution in [0.3, 0.4) is 0 Å². The fourth-order valence-corrected chi connectivity index (χ4v) is 2.15. The predicted molar refractivity (Wildman–Crippen MR) is 76.7 cm³/mol. The van der Waals surface area contributed by atoms with Crippen molar-refractivity contribution in [3.63, 3.8) is 0 Å². The molecule has 0 aliphatic carbocycles. The first kappa shape index (κ1) is 19.6. The average Bonchev–Trinajstić information content (AvgIpc) is 2.30. The van der Waals surface area contributed by atoms with Crippen molar-refractivity contribution in [3.05, 3.63) is 0 Å². The molecule has 1 N–H and O–H groups in total. The summed E-state index contributed by atoms with van der Waals surface area (Å²) in [6, 6.07) is -0.883. The van der Waals surface area contributed by atoms with Crippen LogP contribution in [0.25, 0.3) is 0 Å². The highest BCUT2D eigenvalue weighted by atomic mass is 32.2. The third-order valence-electron chi connectivity index (χ3n) is 2.00. The summed E-state index contributed by atoms with van der Waals surface area (Å²) >= 11 is 1.21. The molecule has 0 aromatic carbocycles. The Kier molecular flexibility index (Phi) is 8.84. The van der Waals surface area contributed by atoms with Crippen LogP contribution in [-0.2, 0) is 19.1 Å². The monoisotopic (exact) mass is 320 g/mol. The average molecular weight is 320 g/mol. The molecule has 122 valence electrons. The van der Waals surface area contributed by atoms with Gasteiger partial charge in [0.15, 0.2) is 0 Å². The van der Waals surface area contributed by atoms with E-state index in [2.05, 4.69) is 5.32 Å². The van der Waals surface area contributed by atoms with Gasteiger partial charge in [-0.3, -0.25) is 0 Å². The van der Waals surface area contributed by atoms with E-state index in [1.165, 1.54) is 11.8 Å². The Morgan fingerprint density at radius 3 is 2.38 bits per heavy atom. The molecule has 0 rings (SSSR count). The van der Waals surface area contributed by atoms with Crippen molar-refractivity contribution in [1.82, 2.24) is 5.32 Å². The Balaban J connectivity index is 4.42. The zero-order chi connectivity index (χ0) is 16.5. The lowest BCUT2D eigenvalue weighted by molar-refractivity contribution is -0.305. The molecule has 0 unspecified atom stereocenters. The highest BCUT2D eigenvalue weighted by molar-refractivity contribution is 7.99. The van der Waals surface area contributed by atoms with Gasteiger partial charge in [0.25, 0.3) is 0 Å². The van der Waals surface area contributed by atoms with Gasteiger partial charge < -0.3 is 24.7 Å². The maximum atomic E-state index is 11.7. The number of amides is 1. The number of alkyl carbamates (subject to hydrolysis) is 1. The van der Waals surface area contributed by atoms with Crippen molar-refractivity contribution in [2.75, 3.05) is 18.1 Å². The van der Waals surface area contributed by atoms with E-state index in [-0.39, 0.29) is 24.5 Å². The summed E-state index contributed by atoms with van der Waals surface area (Å²) in [6.07, 6.45) is -0.840. The van der Waals surface area contributed by atoms with E-state index in [9.17, 15) is 19.5 Å². The molecule has 0 bridgehead atoms. The quantitative estimate of drug-likeness (QED) is 0.507. The van der Waals surface area contributed by atoms with Gasteiger partial charge in [-0.25, -0.2) is 9.59 Å². The Morgan fingerprint density at radius 2 is 1.90 bits per heavy atom. The van der Waals surface area contributed by atoms with Gasteiger partial charge in [0.2, 0.25) is 0 Å². The summed E-state index contributed by atoms with van der Waals surface area (Å²) in [5.41, 5.74) is -0.675. The zero-order valence-corrected chi connectivity index (χ0v) is 13.6. The topological polar surface area (TPSA) is 105 Å². The summed E-state index contributed by atoms with van der Waals surface area (Å²) in [7, 11) is 0. The molecular formula is C13H22NO6S-. The molecule has 0 aliphatic heterocycles. The number of hydrogen-bond donors (Lipinski definition) is 1. The van der Waals surface area contributed by atoms with E-state index in [0.717, 1.165) is 0 Å². The van der Waals surface area contributed by atoms with Crippen molar-refractivity contribution in [2.24, 2.45) is 0 Å². The number of aliphatic carboxylic acids is 1. The van der Waals surface area contributed by atoms with Crippen LogP contribution in [0.15, 0.2) is 0 Å². The Labute approximate surface area is 128 Å². The number of carboxylic acids is 1. The lowest BCUT2D eigenvalue weighted by Crippen LogP contribution is -2.45. The smallest absolute Gasteiger partial charge is 0.408 e. The number of esters is 1. The lowest BCUT2D eigenvalue weighted by atomic mass is 10.2. The van der Waals surface area contributed by atoms with E-state index < -0.39 is 29.7 Å². The van der Waals surface area contributed by atoms with Gasteiger partial charge in [0, 0.05) is 11.7 Å². The molecule has 0 radical (unpaired) electrons. The zero-order valence-electron chi connectivity index (χ0n) is 12.8. The second kappa shape index (κ2) is 9.49. The minimum absolute atomic E-state index is 0.118. The Morgan fingerprint density at radius 1 is 1.29 bits per heavy atom. The maximum absolute atomic E-state index is 11.7. The SMILES string of the molecule is CCOC(=O)[C@@H](CSCCC(=O)[O-])NC(=O)OC(C)(C)C. The van der Waals surface area contributed by atoms with Crippen LogP contribution in [0, 0.1) is 0 Å². The normalized spacial score (nSPS) is 12.4. The number of carbonyl (C=O) groups excluding carboxylic acids is 3. The molecule has 21 heavy (non-hydrogen) atoms. The van der Waals surface area contributed by atoms with Crippen LogP contribution in [0.1, 0.15) is 34.1 Å². The van der Waals surface area contributed by atoms with Crippen LogP contribution < -0.4 is 10.4 Å². The predicted octanol–water partition coefficient (Wildman–Crippen LogP) is 0.316. The highest BCUT2D eigenvalue weighted by Gasteiger charge is 2.25. The molecule has 0 saturated carbocycles. The molecule has 7 nitrogen and oxygen atoms in total. The second-order valence-corrected chi connectivity index (χ2v) is 6.30. The fourth-order valence-electron chi connectivity index (χ4n) is 1.22. The van der Waals surface area contributed by atoms with Crippen LogP contribution in [0.4, 0.5) is 4.79 Å². The van der Waals surface area contributed by atoms with Crippen molar-refractivity contribution < 1.29 is 29.0 Å².